The molecule has 0 saturated heterocycles. The van der Waals surface area contributed by atoms with E-state index < -0.39 is 0 Å². The first-order valence-electron chi connectivity index (χ1n) is 6.11. The third-order valence-electron chi connectivity index (χ3n) is 2.80. The van der Waals surface area contributed by atoms with Crippen molar-refractivity contribution >= 4 is 33.1 Å². The molecule has 0 aliphatic rings. The third kappa shape index (κ3) is 2.84. The minimum absolute atomic E-state index is 0.354. The van der Waals surface area contributed by atoms with Gasteiger partial charge in [-0.05, 0) is 18.2 Å². The number of nitrogens with zero attached hydrogens (tertiary/aromatic N) is 3. The van der Waals surface area contributed by atoms with Crippen molar-refractivity contribution in [1.29, 1.82) is 0 Å². The quantitative estimate of drug-likeness (QED) is 0.871. The Bertz CT molecular complexity index is 621. The molecule has 100 valence electrons. The van der Waals surface area contributed by atoms with Crippen LogP contribution in [0.15, 0.2) is 22.7 Å². The smallest absolute Gasteiger partial charge is 0.151 e. The fourth-order valence-electron chi connectivity index (χ4n) is 1.85. The van der Waals surface area contributed by atoms with Gasteiger partial charge in [0.25, 0.3) is 0 Å². The van der Waals surface area contributed by atoms with Gasteiger partial charge >= 0.3 is 0 Å². The van der Waals surface area contributed by atoms with Crippen LogP contribution in [0.2, 0.25) is 0 Å². The van der Waals surface area contributed by atoms with Crippen molar-refractivity contribution in [3.63, 3.8) is 0 Å². The fraction of sp³-hybridized carbons (Fsp3) is 0.308. The minimum Gasteiger partial charge on any atom is -0.389 e. The molecule has 6 heteroatoms. The van der Waals surface area contributed by atoms with Gasteiger partial charge in [0.05, 0.1) is 5.69 Å². The van der Waals surface area contributed by atoms with E-state index in [9.17, 15) is 0 Å². The molecular formula is C13H15BrN4S. The SMILES string of the molecule is CCc1nc(CC)n(-c2ccc(Br)cc2C(N)=S)n1. The van der Waals surface area contributed by atoms with Gasteiger partial charge in [0, 0.05) is 22.9 Å². The van der Waals surface area contributed by atoms with Crippen LogP contribution >= 0.6 is 28.1 Å². The summed E-state index contributed by atoms with van der Waals surface area (Å²) < 4.78 is 2.77. The molecule has 0 bridgehead atoms. The zero-order valence-electron chi connectivity index (χ0n) is 10.9. The van der Waals surface area contributed by atoms with E-state index in [0.717, 1.165) is 40.2 Å². The van der Waals surface area contributed by atoms with Crippen LogP contribution in [0.25, 0.3) is 5.69 Å². The largest absolute Gasteiger partial charge is 0.389 e. The number of rotatable bonds is 4. The molecule has 0 amide bonds. The van der Waals surface area contributed by atoms with Crippen LogP contribution in [0.1, 0.15) is 31.1 Å². The Morgan fingerprint density at radius 2 is 2.11 bits per heavy atom. The maximum absolute atomic E-state index is 5.80. The molecule has 1 aromatic heterocycles. The Balaban J connectivity index is 2.64. The van der Waals surface area contributed by atoms with E-state index in [4.69, 9.17) is 18.0 Å². The highest BCUT2D eigenvalue weighted by Crippen LogP contribution is 2.21. The van der Waals surface area contributed by atoms with Crippen molar-refractivity contribution in [3.05, 3.63) is 39.9 Å². The van der Waals surface area contributed by atoms with Crippen LogP contribution < -0.4 is 5.73 Å². The monoisotopic (exact) mass is 338 g/mol. The van der Waals surface area contributed by atoms with Gasteiger partial charge in [-0.2, -0.15) is 5.10 Å². The van der Waals surface area contributed by atoms with E-state index in [2.05, 4.69) is 32.9 Å². The van der Waals surface area contributed by atoms with E-state index in [-0.39, 0.29) is 0 Å². The number of aryl methyl sites for hydroxylation is 2. The van der Waals surface area contributed by atoms with Crippen LogP contribution in [0, 0.1) is 0 Å². The maximum atomic E-state index is 5.80. The summed E-state index contributed by atoms with van der Waals surface area (Å²) in [6.45, 7) is 4.09. The van der Waals surface area contributed by atoms with Crippen LogP contribution in [0.4, 0.5) is 0 Å². The maximum Gasteiger partial charge on any atom is 0.151 e. The van der Waals surface area contributed by atoms with Crippen molar-refractivity contribution in [2.45, 2.75) is 26.7 Å². The molecule has 19 heavy (non-hydrogen) atoms. The molecular weight excluding hydrogens is 324 g/mol. The molecule has 0 aliphatic carbocycles. The first-order chi connectivity index (χ1) is 9.06. The molecule has 2 N–H and O–H groups in total. The number of hydrogen-bond acceptors (Lipinski definition) is 3. The predicted molar refractivity (Wildman–Crippen MR) is 83.7 cm³/mol. The lowest BCUT2D eigenvalue weighted by Gasteiger charge is -2.10. The van der Waals surface area contributed by atoms with E-state index >= 15 is 0 Å². The Morgan fingerprint density at radius 3 is 2.68 bits per heavy atom. The number of hydrogen-bond donors (Lipinski definition) is 1. The van der Waals surface area contributed by atoms with Gasteiger partial charge in [0.1, 0.15) is 10.8 Å². The summed E-state index contributed by atoms with van der Waals surface area (Å²) in [4.78, 5) is 4.86. The molecule has 1 heterocycles. The van der Waals surface area contributed by atoms with E-state index in [1.54, 1.807) is 0 Å². The molecule has 0 unspecified atom stereocenters. The normalized spacial score (nSPS) is 10.7. The molecule has 2 rings (SSSR count). The van der Waals surface area contributed by atoms with Gasteiger partial charge in [-0.1, -0.05) is 42.0 Å². The molecule has 0 saturated carbocycles. The summed E-state index contributed by atoms with van der Waals surface area (Å²) in [5.74, 6) is 1.74. The Morgan fingerprint density at radius 1 is 1.37 bits per heavy atom. The second-order valence-electron chi connectivity index (χ2n) is 4.09. The van der Waals surface area contributed by atoms with Crippen LogP contribution in [0.5, 0.6) is 0 Å². The summed E-state index contributed by atoms with van der Waals surface area (Å²) in [6.07, 6.45) is 1.61. The highest BCUT2D eigenvalue weighted by atomic mass is 79.9. The van der Waals surface area contributed by atoms with Crippen LogP contribution in [-0.4, -0.2) is 19.8 Å². The molecule has 0 radical (unpaired) electrons. The highest BCUT2D eigenvalue weighted by molar-refractivity contribution is 9.10. The average molecular weight is 339 g/mol. The summed E-state index contributed by atoms with van der Waals surface area (Å²) in [6, 6.07) is 5.81. The van der Waals surface area contributed by atoms with Crippen molar-refractivity contribution in [2.75, 3.05) is 0 Å². The zero-order chi connectivity index (χ0) is 14.0. The summed E-state index contributed by atoms with van der Waals surface area (Å²) in [7, 11) is 0. The second-order valence-corrected chi connectivity index (χ2v) is 5.44. The van der Waals surface area contributed by atoms with Gasteiger partial charge in [-0.25, -0.2) is 9.67 Å². The lowest BCUT2D eigenvalue weighted by molar-refractivity contribution is 0.789. The van der Waals surface area contributed by atoms with Gasteiger partial charge in [-0.3, -0.25) is 0 Å². The van der Waals surface area contributed by atoms with E-state index in [1.165, 1.54) is 0 Å². The fourth-order valence-corrected chi connectivity index (χ4v) is 2.38. The number of benzene rings is 1. The highest BCUT2D eigenvalue weighted by Gasteiger charge is 2.14. The van der Waals surface area contributed by atoms with Crippen molar-refractivity contribution < 1.29 is 0 Å². The Labute approximate surface area is 126 Å². The molecule has 0 fully saturated rings. The number of nitrogens with two attached hydrogens (primary N) is 1. The predicted octanol–water partition coefficient (Wildman–Crippen LogP) is 2.79. The van der Waals surface area contributed by atoms with Gasteiger partial charge in [-0.15, -0.1) is 0 Å². The zero-order valence-corrected chi connectivity index (χ0v) is 13.3. The molecule has 0 aliphatic heterocycles. The topological polar surface area (TPSA) is 56.7 Å². The van der Waals surface area contributed by atoms with Crippen LogP contribution in [0.3, 0.4) is 0 Å². The van der Waals surface area contributed by atoms with Crippen molar-refractivity contribution in [2.24, 2.45) is 5.73 Å². The lowest BCUT2D eigenvalue weighted by atomic mass is 10.2. The molecule has 1 aromatic carbocycles. The van der Waals surface area contributed by atoms with Gasteiger partial charge in [0.2, 0.25) is 0 Å². The van der Waals surface area contributed by atoms with E-state index in [0.29, 0.717) is 4.99 Å². The molecule has 2 aromatic rings. The second kappa shape index (κ2) is 5.79. The molecule has 0 spiro atoms. The molecule has 4 nitrogen and oxygen atoms in total. The first-order valence-corrected chi connectivity index (χ1v) is 7.31. The van der Waals surface area contributed by atoms with Gasteiger partial charge < -0.3 is 5.73 Å². The third-order valence-corrected chi connectivity index (χ3v) is 3.52. The number of thiocarbonyl (C=S) groups is 1. The van der Waals surface area contributed by atoms with E-state index in [1.807, 2.05) is 29.8 Å². The molecule has 0 atom stereocenters. The first kappa shape index (κ1) is 14.1. The number of halogens is 1. The van der Waals surface area contributed by atoms with Crippen LogP contribution in [-0.2, 0) is 12.8 Å². The summed E-state index contributed by atoms with van der Waals surface area (Å²) in [5.41, 5.74) is 7.47. The lowest BCUT2D eigenvalue weighted by Crippen LogP contribution is -2.15. The Hall–Kier alpha value is -1.27. The van der Waals surface area contributed by atoms with Crippen molar-refractivity contribution in [1.82, 2.24) is 14.8 Å². The van der Waals surface area contributed by atoms with Crippen molar-refractivity contribution in [3.8, 4) is 5.69 Å². The summed E-state index contributed by atoms with van der Waals surface area (Å²) >= 11 is 8.55. The average Bonchev–Trinajstić information content (AvgIpc) is 2.81. The minimum atomic E-state index is 0.354. The summed E-state index contributed by atoms with van der Waals surface area (Å²) in [5, 5.41) is 4.52. The standard InChI is InChI=1S/C13H15BrN4S/c1-3-11-16-12(4-2)18(17-11)10-6-5-8(14)7-9(10)13(15)19/h5-7H,3-4H2,1-2H3,(H2,15,19). The Kier molecular flexibility index (Phi) is 4.31. The number of aromatic nitrogens is 3. The van der Waals surface area contributed by atoms with Gasteiger partial charge in [0.15, 0.2) is 5.82 Å².